The first-order valence-corrected chi connectivity index (χ1v) is 16.7. The summed E-state index contributed by atoms with van der Waals surface area (Å²) in [5.74, 6) is 1.83. The van der Waals surface area contributed by atoms with Crippen LogP contribution in [0.25, 0.3) is 97.0 Å². The molecular formula is C44H24O2S. The Morgan fingerprint density at radius 3 is 2.04 bits per heavy atom. The van der Waals surface area contributed by atoms with E-state index in [0.717, 1.165) is 28.2 Å². The fraction of sp³-hybridized carbons (Fsp3) is 0. The van der Waals surface area contributed by atoms with E-state index in [-0.39, 0.29) is 0 Å². The predicted octanol–water partition coefficient (Wildman–Crippen LogP) is 13.4. The Morgan fingerprint density at radius 2 is 1.11 bits per heavy atom. The number of rotatable bonds is 2. The van der Waals surface area contributed by atoms with Gasteiger partial charge in [0.15, 0.2) is 0 Å². The van der Waals surface area contributed by atoms with E-state index in [4.69, 9.17) is 9.15 Å². The summed E-state index contributed by atoms with van der Waals surface area (Å²) >= 11 is 1.87. The highest BCUT2D eigenvalue weighted by Gasteiger charge is 2.21. The third kappa shape index (κ3) is 3.60. The van der Waals surface area contributed by atoms with Crippen LogP contribution in [0.1, 0.15) is 0 Å². The van der Waals surface area contributed by atoms with Crippen molar-refractivity contribution in [1.29, 1.82) is 0 Å². The summed E-state index contributed by atoms with van der Waals surface area (Å²) < 4.78 is 15.2. The molecule has 0 spiro atoms. The molecule has 0 N–H and O–H groups in total. The third-order valence-corrected chi connectivity index (χ3v) is 11.0. The molecule has 0 saturated heterocycles. The van der Waals surface area contributed by atoms with Gasteiger partial charge in [-0.2, -0.15) is 0 Å². The summed E-state index contributed by atoms with van der Waals surface area (Å²) in [6.45, 7) is 0. The highest BCUT2D eigenvalue weighted by atomic mass is 32.1. The van der Waals surface area contributed by atoms with E-state index < -0.39 is 0 Å². The van der Waals surface area contributed by atoms with E-state index in [0.29, 0.717) is 0 Å². The molecule has 2 aromatic heterocycles. The molecule has 1 aliphatic rings. The van der Waals surface area contributed by atoms with E-state index in [9.17, 15) is 0 Å². The number of thiophene rings is 1. The van der Waals surface area contributed by atoms with Crippen molar-refractivity contribution in [3.63, 3.8) is 0 Å². The zero-order valence-electron chi connectivity index (χ0n) is 25.1. The van der Waals surface area contributed by atoms with Crippen LogP contribution in [-0.4, -0.2) is 0 Å². The molecule has 0 bridgehead atoms. The molecule has 8 aromatic carbocycles. The first kappa shape index (κ1) is 25.3. The van der Waals surface area contributed by atoms with Gasteiger partial charge in [0.05, 0.1) is 0 Å². The SMILES string of the molecule is c1ccc2c(c1)Oc1cccc3cc(-c4ccc5c(c4)sc4cc(-c6cccc7oc8ccc9ccccc9c8c67)ccc45)cc-2c13. The minimum absolute atomic E-state index is 0.910. The Kier molecular flexibility index (Phi) is 5.02. The molecule has 0 atom stereocenters. The minimum Gasteiger partial charge on any atom is -0.456 e. The highest BCUT2D eigenvalue weighted by molar-refractivity contribution is 7.25. The Labute approximate surface area is 273 Å². The summed E-state index contributed by atoms with van der Waals surface area (Å²) in [5, 5.41) is 9.77. The number of hydrogen-bond donors (Lipinski definition) is 0. The van der Waals surface area contributed by atoms with Crippen LogP contribution in [0.5, 0.6) is 11.5 Å². The molecule has 0 aliphatic carbocycles. The zero-order chi connectivity index (χ0) is 30.6. The van der Waals surface area contributed by atoms with Gasteiger partial charge >= 0.3 is 0 Å². The average Bonchev–Trinajstić information content (AvgIpc) is 3.69. The molecule has 47 heavy (non-hydrogen) atoms. The van der Waals surface area contributed by atoms with Crippen LogP contribution in [0.2, 0.25) is 0 Å². The van der Waals surface area contributed by atoms with Crippen LogP contribution in [0.15, 0.2) is 150 Å². The van der Waals surface area contributed by atoms with E-state index in [1.54, 1.807) is 0 Å². The van der Waals surface area contributed by atoms with Crippen LogP contribution >= 0.6 is 11.3 Å². The van der Waals surface area contributed by atoms with E-state index in [2.05, 4.69) is 140 Å². The lowest BCUT2D eigenvalue weighted by Crippen LogP contribution is -1.97. The molecule has 11 rings (SSSR count). The predicted molar refractivity (Wildman–Crippen MR) is 198 cm³/mol. The smallest absolute Gasteiger partial charge is 0.136 e. The molecule has 0 radical (unpaired) electrons. The normalized spacial score (nSPS) is 12.4. The maximum Gasteiger partial charge on any atom is 0.136 e. The lowest BCUT2D eigenvalue weighted by atomic mass is 9.90. The molecule has 1 aliphatic heterocycles. The van der Waals surface area contributed by atoms with Crippen LogP contribution in [0.3, 0.4) is 0 Å². The minimum atomic E-state index is 0.910. The Morgan fingerprint density at radius 1 is 0.383 bits per heavy atom. The number of hydrogen-bond acceptors (Lipinski definition) is 3. The summed E-state index contributed by atoms with van der Waals surface area (Å²) in [7, 11) is 0. The fourth-order valence-corrected chi connectivity index (χ4v) is 8.89. The highest BCUT2D eigenvalue weighted by Crippen LogP contribution is 2.48. The molecule has 3 heterocycles. The number of para-hydroxylation sites is 1. The van der Waals surface area contributed by atoms with Gasteiger partial charge in [-0.1, -0.05) is 97.1 Å². The van der Waals surface area contributed by atoms with Crippen molar-refractivity contribution in [1.82, 2.24) is 0 Å². The molecule has 0 fully saturated rings. The molecule has 0 saturated carbocycles. The molecule has 0 unspecified atom stereocenters. The van der Waals surface area contributed by atoms with E-state index >= 15 is 0 Å². The first-order chi connectivity index (χ1) is 23.3. The zero-order valence-corrected chi connectivity index (χ0v) is 25.9. The monoisotopic (exact) mass is 616 g/mol. The summed E-state index contributed by atoms with van der Waals surface area (Å²) in [4.78, 5) is 0. The van der Waals surface area contributed by atoms with Gasteiger partial charge in [-0.3, -0.25) is 0 Å². The van der Waals surface area contributed by atoms with Crippen molar-refractivity contribution >= 4 is 75.0 Å². The maximum absolute atomic E-state index is 6.38. The van der Waals surface area contributed by atoms with Crippen LogP contribution in [0.4, 0.5) is 0 Å². The van der Waals surface area contributed by atoms with Gasteiger partial charge in [-0.05, 0) is 92.5 Å². The van der Waals surface area contributed by atoms with Crippen LogP contribution in [-0.2, 0) is 0 Å². The van der Waals surface area contributed by atoms with Gasteiger partial charge in [0.2, 0.25) is 0 Å². The summed E-state index contributed by atoms with van der Waals surface area (Å²) in [6.07, 6.45) is 0. The second-order valence-electron chi connectivity index (χ2n) is 12.4. The van der Waals surface area contributed by atoms with Crippen molar-refractivity contribution in [2.75, 3.05) is 0 Å². The van der Waals surface area contributed by atoms with Crippen molar-refractivity contribution in [3.05, 3.63) is 146 Å². The number of furan rings is 1. The van der Waals surface area contributed by atoms with Crippen LogP contribution in [0, 0.1) is 0 Å². The number of benzene rings is 8. The molecule has 3 heteroatoms. The summed E-state index contributed by atoms with van der Waals surface area (Å²) in [6, 6.07) is 52.4. The van der Waals surface area contributed by atoms with Gasteiger partial charge in [0, 0.05) is 41.9 Å². The Bertz CT molecular complexity index is 2940. The molecule has 0 amide bonds. The van der Waals surface area contributed by atoms with E-state index in [1.165, 1.54) is 80.3 Å². The Hall–Kier alpha value is -5.90. The second-order valence-corrected chi connectivity index (χ2v) is 13.5. The van der Waals surface area contributed by atoms with Gasteiger partial charge in [0.25, 0.3) is 0 Å². The van der Waals surface area contributed by atoms with Crippen molar-refractivity contribution in [2.45, 2.75) is 0 Å². The van der Waals surface area contributed by atoms with Gasteiger partial charge < -0.3 is 9.15 Å². The first-order valence-electron chi connectivity index (χ1n) is 15.9. The van der Waals surface area contributed by atoms with E-state index in [1.807, 2.05) is 17.4 Å². The average molecular weight is 617 g/mol. The molecular weight excluding hydrogens is 593 g/mol. The number of ether oxygens (including phenoxy) is 1. The van der Waals surface area contributed by atoms with Crippen molar-refractivity contribution < 1.29 is 9.15 Å². The largest absolute Gasteiger partial charge is 0.456 e. The van der Waals surface area contributed by atoms with Gasteiger partial charge in [-0.15, -0.1) is 11.3 Å². The Balaban J connectivity index is 1.08. The van der Waals surface area contributed by atoms with Crippen LogP contribution < -0.4 is 4.74 Å². The molecule has 10 aromatic rings. The lowest BCUT2D eigenvalue weighted by Gasteiger charge is -2.22. The fourth-order valence-electron chi connectivity index (χ4n) is 7.71. The van der Waals surface area contributed by atoms with Crippen molar-refractivity contribution in [2.24, 2.45) is 0 Å². The van der Waals surface area contributed by atoms with Gasteiger partial charge in [-0.25, -0.2) is 0 Å². The molecule has 218 valence electrons. The summed E-state index contributed by atoms with van der Waals surface area (Å²) in [5.41, 5.74) is 9.06. The van der Waals surface area contributed by atoms with Gasteiger partial charge in [0.1, 0.15) is 22.7 Å². The standard InChI is InChI=1S/C44H24O2S/c1-2-9-30-25(7-1)17-20-39-43(30)44-31(11-6-14-38(44)46-39)27-16-19-34-33-18-15-26(23-40(33)47-41(34)24-27)29-21-28-8-5-13-37-42(28)35(22-29)32-10-3-4-12-36(32)45-37/h1-24H. The molecule has 2 nitrogen and oxygen atoms in total. The third-order valence-electron chi connectivity index (χ3n) is 9.84. The second kappa shape index (κ2) is 9.32. The topological polar surface area (TPSA) is 22.4 Å². The number of fused-ring (bicyclic) bond motifs is 10. The maximum atomic E-state index is 6.38. The lowest BCUT2D eigenvalue weighted by molar-refractivity contribution is 0.487. The quantitative estimate of drug-likeness (QED) is 0.193. The van der Waals surface area contributed by atoms with Crippen molar-refractivity contribution in [3.8, 4) is 44.9 Å².